The first-order chi connectivity index (χ1) is 9.17. The number of nitrogens with zero attached hydrogens (tertiary/aromatic N) is 1. The van der Waals surface area contributed by atoms with E-state index in [1.165, 1.54) is 0 Å². The standard InChI is InChI=1S/C14H19ClN2O2/c15-12-2-1-3-13(8-12)16-14(19)9-17-6-4-11(10-18)5-7-17/h1-3,8,11,18H,4-7,9-10H2,(H,16,19). The number of hydrogen-bond donors (Lipinski definition) is 2. The van der Waals surface area contributed by atoms with E-state index in [9.17, 15) is 4.79 Å². The molecule has 0 aliphatic carbocycles. The highest BCUT2D eigenvalue weighted by Crippen LogP contribution is 2.17. The first kappa shape index (κ1) is 14.3. The lowest BCUT2D eigenvalue weighted by Gasteiger charge is -2.30. The zero-order valence-corrected chi connectivity index (χ0v) is 11.6. The van der Waals surface area contributed by atoms with Gasteiger partial charge in [0.2, 0.25) is 5.91 Å². The zero-order chi connectivity index (χ0) is 13.7. The van der Waals surface area contributed by atoms with Gasteiger partial charge in [0.15, 0.2) is 0 Å². The number of carbonyl (C=O) groups is 1. The number of piperidine rings is 1. The number of carbonyl (C=O) groups excluding carboxylic acids is 1. The van der Waals surface area contributed by atoms with E-state index in [1.807, 2.05) is 12.1 Å². The molecule has 1 aromatic rings. The van der Waals surface area contributed by atoms with Crippen LogP contribution in [0.4, 0.5) is 5.69 Å². The molecule has 2 N–H and O–H groups in total. The lowest BCUT2D eigenvalue weighted by atomic mass is 9.98. The van der Waals surface area contributed by atoms with Gasteiger partial charge < -0.3 is 10.4 Å². The van der Waals surface area contributed by atoms with E-state index < -0.39 is 0 Å². The minimum Gasteiger partial charge on any atom is -0.396 e. The van der Waals surface area contributed by atoms with Gasteiger partial charge in [-0.1, -0.05) is 17.7 Å². The Hall–Kier alpha value is -1.10. The molecule has 1 aliphatic heterocycles. The predicted molar refractivity (Wildman–Crippen MR) is 76.3 cm³/mol. The third kappa shape index (κ3) is 4.49. The number of anilines is 1. The minimum absolute atomic E-state index is 0.0234. The van der Waals surface area contributed by atoms with Crippen molar-refractivity contribution in [3.05, 3.63) is 29.3 Å². The number of aliphatic hydroxyl groups is 1. The summed E-state index contributed by atoms with van der Waals surface area (Å²) in [7, 11) is 0. The van der Waals surface area contributed by atoms with Gasteiger partial charge in [-0.3, -0.25) is 9.69 Å². The summed E-state index contributed by atoms with van der Waals surface area (Å²) in [6.45, 7) is 2.38. The first-order valence-corrected chi connectivity index (χ1v) is 6.94. The Balaban J connectivity index is 1.79. The van der Waals surface area contributed by atoms with Crippen LogP contribution in [0.25, 0.3) is 0 Å². The second-order valence-electron chi connectivity index (χ2n) is 4.96. The molecule has 5 heteroatoms. The van der Waals surface area contributed by atoms with E-state index in [0.29, 0.717) is 17.5 Å². The van der Waals surface area contributed by atoms with Crippen LogP contribution >= 0.6 is 11.6 Å². The zero-order valence-electron chi connectivity index (χ0n) is 10.8. The molecule has 0 spiro atoms. The molecule has 2 rings (SSSR count). The minimum atomic E-state index is -0.0234. The molecule has 0 atom stereocenters. The predicted octanol–water partition coefficient (Wildman–Crippen LogP) is 1.98. The molecule has 1 fully saturated rings. The SMILES string of the molecule is O=C(CN1CCC(CO)CC1)Nc1cccc(Cl)c1. The summed E-state index contributed by atoms with van der Waals surface area (Å²) in [6.07, 6.45) is 1.92. The molecule has 0 radical (unpaired) electrons. The lowest BCUT2D eigenvalue weighted by Crippen LogP contribution is -2.39. The first-order valence-electron chi connectivity index (χ1n) is 6.56. The Bertz CT molecular complexity index is 431. The number of hydrogen-bond acceptors (Lipinski definition) is 3. The van der Waals surface area contributed by atoms with Gasteiger partial charge in [-0.05, 0) is 50.0 Å². The molecule has 1 saturated heterocycles. The number of amides is 1. The van der Waals surface area contributed by atoms with Crippen LogP contribution in [-0.4, -0.2) is 42.2 Å². The second-order valence-corrected chi connectivity index (χ2v) is 5.40. The maximum Gasteiger partial charge on any atom is 0.238 e. The van der Waals surface area contributed by atoms with Crippen molar-refractivity contribution in [1.29, 1.82) is 0 Å². The number of rotatable bonds is 4. The number of halogens is 1. The highest BCUT2D eigenvalue weighted by molar-refractivity contribution is 6.30. The highest BCUT2D eigenvalue weighted by atomic mass is 35.5. The van der Waals surface area contributed by atoms with Crippen LogP contribution < -0.4 is 5.32 Å². The quantitative estimate of drug-likeness (QED) is 0.888. The van der Waals surface area contributed by atoms with Crippen LogP contribution in [0.2, 0.25) is 5.02 Å². The van der Waals surface area contributed by atoms with Gasteiger partial charge in [-0.15, -0.1) is 0 Å². The van der Waals surface area contributed by atoms with Crippen molar-refractivity contribution in [3.63, 3.8) is 0 Å². The Morgan fingerprint density at radius 3 is 2.79 bits per heavy atom. The van der Waals surface area contributed by atoms with Gasteiger partial charge in [0.1, 0.15) is 0 Å². The largest absolute Gasteiger partial charge is 0.396 e. The molecule has 19 heavy (non-hydrogen) atoms. The van der Waals surface area contributed by atoms with Crippen LogP contribution in [0.1, 0.15) is 12.8 Å². The molecule has 104 valence electrons. The summed E-state index contributed by atoms with van der Waals surface area (Å²) < 4.78 is 0. The van der Waals surface area contributed by atoms with E-state index in [4.69, 9.17) is 16.7 Å². The molecule has 0 saturated carbocycles. The number of benzene rings is 1. The second kappa shape index (κ2) is 6.89. The monoisotopic (exact) mass is 282 g/mol. The summed E-state index contributed by atoms with van der Waals surface area (Å²) >= 11 is 5.87. The molecule has 1 aromatic carbocycles. The molecule has 1 heterocycles. The average molecular weight is 283 g/mol. The van der Waals surface area contributed by atoms with Gasteiger partial charge in [-0.25, -0.2) is 0 Å². The maximum atomic E-state index is 11.9. The van der Waals surface area contributed by atoms with Crippen LogP contribution in [0.15, 0.2) is 24.3 Å². The van der Waals surface area contributed by atoms with Crippen LogP contribution in [-0.2, 0) is 4.79 Å². The summed E-state index contributed by atoms with van der Waals surface area (Å²) in [5.41, 5.74) is 0.725. The van der Waals surface area contributed by atoms with Crippen molar-refractivity contribution >= 4 is 23.2 Å². The van der Waals surface area contributed by atoms with Crippen LogP contribution in [0, 0.1) is 5.92 Å². The van der Waals surface area contributed by atoms with Gasteiger partial charge in [0, 0.05) is 17.3 Å². The van der Waals surface area contributed by atoms with Gasteiger partial charge in [0.05, 0.1) is 6.54 Å². The highest BCUT2D eigenvalue weighted by Gasteiger charge is 2.20. The summed E-state index contributed by atoms with van der Waals surface area (Å²) in [4.78, 5) is 14.0. The van der Waals surface area contributed by atoms with Crippen molar-refractivity contribution < 1.29 is 9.90 Å². The van der Waals surface area contributed by atoms with Gasteiger partial charge >= 0.3 is 0 Å². The van der Waals surface area contributed by atoms with Crippen molar-refractivity contribution in [2.45, 2.75) is 12.8 Å². The van der Waals surface area contributed by atoms with Crippen molar-refractivity contribution in [2.24, 2.45) is 5.92 Å². The molecule has 4 nitrogen and oxygen atoms in total. The smallest absolute Gasteiger partial charge is 0.238 e. The Kier molecular flexibility index (Phi) is 5.19. The molecular weight excluding hydrogens is 264 g/mol. The van der Waals surface area contributed by atoms with Crippen molar-refractivity contribution in [1.82, 2.24) is 4.90 Å². The lowest BCUT2D eigenvalue weighted by molar-refractivity contribution is -0.117. The normalized spacial score (nSPS) is 17.4. The topological polar surface area (TPSA) is 52.6 Å². The van der Waals surface area contributed by atoms with Crippen LogP contribution in [0.3, 0.4) is 0 Å². The fraction of sp³-hybridized carbons (Fsp3) is 0.500. The Morgan fingerprint density at radius 2 is 2.16 bits per heavy atom. The Labute approximate surface area is 118 Å². The van der Waals surface area contributed by atoms with Gasteiger partial charge in [0.25, 0.3) is 0 Å². The summed E-state index contributed by atoms with van der Waals surface area (Å²) in [5, 5.41) is 12.5. The number of likely N-dealkylation sites (tertiary alicyclic amines) is 1. The molecule has 0 aromatic heterocycles. The van der Waals surface area contributed by atoms with Crippen LogP contribution in [0.5, 0.6) is 0 Å². The van der Waals surface area contributed by atoms with E-state index in [2.05, 4.69) is 10.2 Å². The molecular formula is C14H19ClN2O2. The third-order valence-corrected chi connectivity index (χ3v) is 3.68. The number of nitrogens with one attached hydrogen (secondary N) is 1. The molecule has 1 aliphatic rings. The molecule has 1 amide bonds. The fourth-order valence-electron chi connectivity index (χ4n) is 2.30. The molecule has 0 bridgehead atoms. The Morgan fingerprint density at radius 1 is 1.42 bits per heavy atom. The molecule has 0 unspecified atom stereocenters. The van der Waals surface area contributed by atoms with E-state index >= 15 is 0 Å². The third-order valence-electron chi connectivity index (χ3n) is 3.44. The van der Waals surface area contributed by atoms with E-state index in [1.54, 1.807) is 12.1 Å². The maximum absolute atomic E-state index is 11.9. The summed E-state index contributed by atoms with van der Waals surface area (Å²) in [6, 6.07) is 7.14. The average Bonchev–Trinajstić information content (AvgIpc) is 2.39. The van der Waals surface area contributed by atoms with E-state index in [-0.39, 0.29) is 12.5 Å². The van der Waals surface area contributed by atoms with E-state index in [0.717, 1.165) is 31.6 Å². The number of aliphatic hydroxyl groups excluding tert-OH is 1. The van der Waals surface area contributed by atoms with Crippen molar-refractivity contribution in [2.75, 3.05) is 31.6 Å². The van der Waals surface area contributed by atoms with Gasteiger partial charge in [-0.2, -0.15) is 0 Å². The summed E-state index contributed by atoms with van der Waals surface area (Å²) in [5.74, 6) is 0.372. The van der Waals surface area contributed by atoms with Crippen molar-refractivity contribution in [3.8, 4) is 0 Å². The fourth-order valence-corrected chi connectivity index (χ4v) is 2.49.